The third-order valence-electron chi connectivity index (χ3n) is 3.82. The van der Waals surface area contributed by atoms with Crippen LogP contribution in [-0.4, -0.2) is 25.4 Å². The van der Waals surface area contributed by atoms with E-state index in [2.05, 4.69) is 5.32 Å². The minimum Gasteiger partial charge on any atom is -0.358 e. The number of amides is 1. The highest BCUT2D eigenvalue weighted by Crippen LogP contribution is 2.39. The maximum absolute atomic E-state index is 15.0. The van der Waals surface area contributed by atoms with Crippen molar-refractivity contribution in [1.29, 1.82) is 0 Å². The number of carbonyl (C=O) groups excluding carboxylic acids is 2. The van der Waals surface area contributed by atoms with Crippen molar-refractivity contribution >= 4 is 12.2 Å². The Bertz CT molecular complexity index is 589. The number of likely N-dealkylation sites (N-methyl/N-ethyl adjacent to an activating group) is 1. The fourth-order valence-electron chi connectivity index (χ4n) is 2.79. The Labute approximate surface area is 129 Å². The van der Waals surface area contributed by atoms with Crippen molar-refractivity contribution in [3.63, 3.8) is 0 Å². The predicted octanol–water partition coefficient (Wildman–Crippen LogP) is 2.65. The number of nitrogens with one attached hydrogen (secondary N) is 1. The Hall–Kier alpha value is -2.49. The molecule has 1 unspecified atom stereocenters. The Morgan fingerprint density at radius 1 is 1.09 bits per heavy atom. The van der Waals surface area contributed by atoms with E-state index < -0.39 is 17.5 Å². The largest absolute Gasteiger partial charge is 0.358 e. The van der Waals surface area contributed by atoms with Crippen LogP contribution in [0.15, 0.2) is 60.7 Å². The molecule has 4 heteroatoms. The van der Waals surface area contributed by atoms with E-state index in [4.69, 9.17) is 0 Å². The molecule has 2 rings (SSSR count). The summed E-state index contributed by atoms with van der Waals surface area (Å²) in [7, 11) is 1.47. The van der Waals surface area contributed by atoms with Gasteiger partial charge in [0.15, 0.2) is 0 Å². The maximum atomic E-state index is 15.0. The van der Waals surface area contributed by atoms with E-state index in [1.54, 1.807) is 60.7 Å². The highest BCUT2D eigenvalue weighted by Gasteiger charge is 2.48. The van der Waals surface area contributed by atoms with Gasteiger partial charge in [-0.15, -0.1) is 0 Å². The molecule has 0 spiro atoms. The number of aldehydes is 1. The highest BCUT2D eigenvalue weighted by atomic mass is 19.1. The molecule has 0 aliphatic rings. The van der Waals surface area contributed by atoms with E-state index in [0.29, 0.717) is 17.4 Å². The lowest BCUT2D eigenvalue weighted by molar-refractivity contribution is -0.127. The maximum Gasteiger partial charge on any atom is 0.237 e. The molecule has 1 atom stereocenters. The van der Waals surface area contributed by atoms with Gasteiger partial charge >= 0.3 is 0 Å². The molecule has 1 amide bonds. The van der Waals surface area contributed by atoms with Crippen LogP contribution in [0.5, 0.6) is 0 Å². The summed E-state index contributed by atoms with van der Waals surface area (Å²) in [5.74, 6) is -0.473. The van der Waals surface area contributed by atoms with Crippen molar-refractivity contribution in [2.45, 2.75) is 18.0 Å². The van der Waals surface area contributed by atoms with Crippen LogP contribution in [0.1, 0.15) is 17.5 Å². The number of rotatable bonds is 6. The first-order valence-corrected chi connectivity index (χ1v) is 7.08. The summed E-state index contributed by atoms with van der Waals surface area (Å²) in [6.07, 6.45) is -1.50. The van der Waals surface area contributed by atoms with Gasteiger partial charge < -0.3 is 10.1 Å². The van der Waals surface area contributed by atoms with E-state index in [0.717, 1.165) is 0 Å². The smallest absolute Gasteiger partial charge is 0.237 e. The molecule has 0 saturated carbocycles. The molecular weight excluding hydrogens is 281 g/mol. The number of hydrogen-bond donors (Lipinski definition) is 1. The second kappa shape index (κ2) is 6.98. The van der Waals surface area contributed by atoms with Gasteiger partial charge in [-0.05, 0) is 11.1 Å². The van der Waals surface area contributed by atoms with Crippen LogP contribution < -0.4 is 5.32 Å². The molecule has 0 aliphatic heterocycles. The van der Waals surface area contributed by atoms with Gasteiger partial charge in [-0.2, -0.15) is 0 Å². The molecule has 0 radical (unpaired) electrons. The summed E-state index contributed by atoms with van der Waals surface area (Å²) in [5, 5.41) is 2.55. The van der Waals surface area contributed by atoms with Crippen LogP contribution in [0.25, 0.3) is 0 Å². The van der Waals surface area contributed by atoms with E-state index >= 15 is 4.39 Å². The minimum atomic E-state index is -1.66. The lowest BCUT2D eigenvalue weighted by atomic mass is 9.69. The van der Waals surface area contributed by atoms with E-state index in [1.165, 1.54) is 7.05 Å². The molecule has 0 bridgehead atoms. The topological polar surface area (TPSA) is 46.2 Å². The average Bonchev–Trinajstić information content (AvgIpc) is 2.57. The fourth-order valence-corrected chi connectivity index (χ4v) is 2.79. The van der Waals surface area contributed by atoms with Crippen molar-refractivity contribution in [3.05, 3.63) is 71.8 Å². The van der Waals surface area contributed by atoms with Crippen molar-refractivity contribution in [2.24, 2.45) is 0 Å². The van der Waals surface area contributed by atoms with Gasteiger partial charge in [-0.3, -0.25) is 4.79 Å². The summed E-state index contributed by atoms with van der Waals surface area (Å²) in [5.41, 5.74) is -0.497. The molecule has 0 fully saturated rings. The zero-order valence-corrected chi connectivity index (χ0v) is 12.3. The van der Waals surface area contributed by atoms with Crippen LogP contribution in [0.2, 0.25) is 0 Å². The Morgan fingerprint density at radius 2 is 1.55 bits per heavy atom. The highest BCUT2D eigenvalue weighted by molar-refractivity contribution is 5.93. The van der Waals surface area contributed by atoms with Gasteiger partial charge in [-0.25, -0.2) is 4.39 Å². The van der Waals surface area contributed by atoms with Crippen molar-refractivity contribution in [3.8, 4) is 0 Å². The summed E-state index contributed by atoms with van der Waals surface area (Å²) in [6.45, 7) is 0. The molecule has 2 aromatic rings. The zero-order valence-electron chi connectivity index (χ0n) is 12.3. The third-order valence-corrected chi connectivity index (χ3v) is 3.82. The normalized spacial score (nSPS) is 12.5. The number of benzene rings is 2. The van der Waals surface area contributed by atoms with Gasteiger partial charge in [0, 0.05) is 13.5 Å². The average molecular weight is 299 g/mol. The third kappa shape index (κ3) is 2.64. The van der Waals surface area contributed by atoms with E-state index in [1.807, 2.05) is 0 Å². The summed E-state index contributed by atoms with van der Waals surface area (Å²) in [4.78, 5) is 23.5. The fraction of sp³-hybridized carbons (Fsp3) is 0.222. The van der Waals surface area contributed by atoms with Gasteiger partial charge in [0.05, 0.1) is 0 Å². The molecule has 22 heavy (non-hydrogen) atoms. The zero-order chi connectivity index (χ0) is 16.0. The van der Waals surface area contributed by atoms with Gasteiger partial charge in [-0.1, -0.05) is 60.7 Å². The molecule has 0 aliphatic carbocycles. The van der Waals surface area contributed by atoms with Crippen LogP contribution in [0, 0.1) is 0 Å². The number of carbonyl (C=O) groups is 2. The first-order chi connectivity index (χ1) is 10.7. The molecule has 0 aromatic heterocycles. The second-order valence-corrected chi connectivity index (χ2v) is 4.99. The first kappa shape index (κ1) is 15.9. The van der Waals surface area contributed by atoms with E-state index in [9.17, 15) is 9.59 Å². The van der Waals surface area contributed by atoms with Crippen molar-refractivity contribution in [2.75, 3.05) is 7.05 Å². The molecule has 0 saturated heterocycles. The number of alkyl halides is 1. The van der Waals surface area contributed by atoms with E-state index in [-0.39, 0.29) is 6.42 Å². The summed E-state index contributed by atoms with van der Waals surface area (Å²) >= 11 is 0. The Morgan fingerprint density at radius 3 is 1.91 bits per heavy atom. The monoisotopic (exact) mass is 299 g/mol. The SMILES string of the molecule is CNC(=O)C(c1ccccc1)(c1ccccc1)C(F)CC=O. The molecule has 3 nitrogen and oxygen atoms in total. The summed E-state index contributed by atoms with van der Waals surface area (Å²) in [6, 6.07) is 17.4. The second-order valence-electron chi connectivity index (χ2n) is 4.99. The van der Waals surface area contributed by atoms with Gasteiger partial charge in [0.1, 0.15) is 17.9 Å². The van der Waals surface area contributed by atoms with Crippen LogP contribution in [0.4, 0.5) is 4.39 Å². The Balaban J connectivity index is 2.75. The van der Waals surface area contributed by atoms with Crippen LogP contribution >= 0.6 is 0 Å². The van der Waals surface area contributed by atoms with Gasteiger partial charge in [0.25, 0.3) is 0 Å². The van der Waals surface area contributed by atoms with Crippen molar-refractivity contribution in [1.82, 2.24) is 5.32 Å². The van der Waals surface area contributed by atoms with Gasteiger partial charge in [0.2, 0.25) is 5.91 Å². The summed E-state index contributed by atoms with van der Waals surface area (Å²) < 4.78 is 15.0. The molecule has 114 valence electrons. The first-order valence-electron chi connectivity index (χ1n) is 7.08. The lowest BCUT2D eigenvalue weighted by Gasteiger charge is -2.35. The predicted molar refractivity (Wildman–Crippen MR) is 83.3 cm³/mol. The van der Waals surface area contributed by atoms with Crippen LogP contribution in [-0.2, 0) is 15.0 Å². The van der Waals surface area contributed by atoms with Crippen molar-refractivity contribution < 1.29 is 14.0 Å². The molecule has 2 aromatic carbocycles. The minimum absolute atomic E-state index is 0.350. The molecular formula is C18H18FNO2. The molecule has 1 N–H and O–H groups in total. The molecule has 0 heterocycles. The number of hydrogen-bond acceptors (Lipinski definition) is 2. The Kier molecular flexibility index (Phi) is 5.04. The number of halogens is 1. The standard InChI is InChI=1S/C18H18FNO2/c1-20-17(22)18(16(19)12-13-21,14-8-4-2-5-9-14)15-10-6-3-7-11-15/h2-11,13,16H,12H2,1H3,(H,20,22). The quantitative estimate of drug-likeness (QED) is 0.834. The van der Waals surface area contributed by atoms with Crippen LogP contribution in [0.3, 0.4) is 0 Å². The lowest BCUT2D eigenvalue weighted by Crippen LogP contribution is -2.51.